The number of aromatic amines is 2. The van der Waals surface area contributed by atoms with E-state index in [2.05, 4.69) is 20.4 Å². The molecule has 0 aliphatic heterocycles. The van der Waals surface area contributed by atoms with Crippen LogP contribution in [0.15, 0.2) is 58.1 Å². The monoisotopic (exact) mass is 423 g/mol. The van der Waals surface area contributed by atoms with Gasteiger partial charge in [-0.3, -0.25) is 19.5 Å². The van der Waals surface area contributed by atoms with Gasteiger partial charge in [-0.25, -0.2) is 9.67 Å². The molecule has 3 N–H and O–H groups in total. The Morgan fingerprint density at radius 3 is 2.63 bits per heavy atom. The molecule has 0 radical (unpaired) electrons. The van der Waals surface area contributed by atoms with Gasteiger partial charge in [-0.2, -0.15) is 11.8 Å². The van der Waals surface area contributed by atoms with E-state index in [1.54, 1.807) is 36.0 Å². The van der Waals surface area contributed by atoms with Crippen LogP contribution < -0.4 is 16.4 Å². The number of hydrogen-bond acceptors (Lipinski definition) is 5. The van der Waals surface area contributed by atoms with Gasteiger partial charge in [-0.15, -0.1) is 0 Å². The van der Waals surface area contributed by atoms with Crippen molar-refractivity contribution in [3.8, 4) is 0 Å². The lowest BCUT2D eigenvalue weighted by atomic mass is 10.2. The number of nitrogens with one attached hydrogen (secondary N) is 3. The standard InChI is InChI=1S/C21H21N5O3S/c1-30-11-10-17(19-23-15-8-4-5-9-16(15)24-19)22-18(27)12-26-21(29)14-7-3-2-6-13(14)20(28)25-26/h2-9,17H,10-12H2,1H3,(H,22,27)(H,23,24)(H,25,28)/t17-/m1/s1. The molecule has 4 aromatic rings. The number of fused-ring (bicyclic) bond motifs is 2. The first-order valence-electron chi connectivity index (χ1n) is 9.51. The largest absolute Gasteiger partial charge is 0.345 e. The summed E-state index contributed by atoms with van der Waals surface area (Å²) < 4.78 is 1.05. The van der Waals surface area contributed by atoms with Crippen molar-refractivity contribution in [2.75, 3.05) is 12.0 Å². The summed E-state index contributed by atoms with van der Waals surface area (Å²) in [6.07, 6.45) is 2.67. The van der Waals surface area contributed by atoms with Gasteiger partial charge >= 0.3 is 0 Å². The molecule has 30 heavy (non-hydrogen) atoms. The van der Waals surface area contributed by atoms with Gasteiger partial charge in [0.05, 0.1) is 27.8 Å². The quantitative estimate of drug-likeness (QED) is 0.422. The van der Waals surface area contributed by atoms with Crippen LogP contribution in [-0.4, -0.2) is 37.7 Å². The summed E-state index contributed by atoms with van der Waals surface area (Å²) in [5, 5.41) is 6.02. The average Bonchev–Trinajstić information content (AvgIpc) is 3.19. The number of para-hydroxylation sites is 2. The van der Waals surface area contributed by atoms with Crippen LogP contribution in [0.4, 0.5) is 0 Å². The van der Waals surface area contributed by atoms with Crippen molar-refractivity contribution in [2.45, 2.75) is 19.0 Å². The molecule has 1 amide bonds. The Morgan fingerprint density at radius 1 is 1.13 bits per heavy atom. The second-order valence-corrected chi connectivity index (χ2v) is 7.90. The lowest BCUT2D eigenvalue weighted by molar-refractivity contribution is -0.122. The molecule has 9 heteroatoms. The Morgan fingerprint density at radius 2 is 1.87 bits per heavy atom. The van der Waals surface area contributed by atoms with Gasteiger partial charge in [0.2, 0.25) is 5.91 Å². The van der Waals surface area contributed by atoms with E-state index in [9.17, 15) is 14.4 Å². The fraction of sp³-hybridized carbons (Fsp3) is 0.238. The molecule has 2 heterocycles. The number of aromatic nitrogens is 4. The van der Waals surface area contributed by atoms with Crippen LogP contribution in [0.3, 0.4) is 0 Å². The van der Waals surface area contributed by atoms with E-state index in [0.29, 0.717) is 17.6 Å². The van der Waals surface area contributed by atoms with Gasteiger partial charge in [0.1, 0.15) is 12.4 Å². The van der Waals surface area contributed by atoms with Crippen LogP contribution in [0.5, 0.6) is 0 Å². The second-order valence-electron chi connectivity index (χ2n) is 6.92. The summed E-state index contributed by atoms with van der Waals surface area (Å²) >= 11 is 1.67. The van der Waals surface area contributed by atoms with Crippen molar-refractivity contribution in [3.05, 3.63) is 75.1 Å². The van der Waals surface area contributed by atoms with Crippen molar-refractivity contribution in [3.63, 3.8) is 0 Å². The van der Waals surface area contributed by atoms with E-state index in [1.165, 1.54) is 0 Å². The van der Waals surface area contributed by atoms with E-state index < -0.39 is 11.1 Å². The van der Waals surface area contributed by atoms with Crippen LogP contribution in [-0.2, 0) is 11.3 Å². The van der Waals surface area contributed by atoms with Gasteiger partial charge in [-0.1, -0.05) is 24.3 Å². The zero-order chi connectivity index (χ0) is 21.1. The summed E-state index contributed by atoms with van der Waals surface area (Å²) in [6, 6.07) is 13.9. The molecule has 0 saturated carbocycles. The summed E-state index contributed by atoms with van der Waals surface area (Å²) in [6.45, 7) is -0.283. The highest BCUT2D eigenvalue weighted by atomic mass is 32.2. The molecule has 0 bridgehead atoms. The molecule has 154 valence electrons. The first kappa shape index (κ1) is 20.0. The summed E-state index contributed by atoms with van der Waals surface area (Å²) in [7, 11) is 0. The van der Waals surface area contributed by atoms with E-state index in [0.717, 1.165) is 21.5 Å². The first-order chi connectivity index (χ1) is 14.6. The van der Waals surface area contributed by atoms with E-state index in [-0.39, 0.29) is 23.9 Å². The molecule has 0 saturated heterocycles. The number of rotatable bonds is 7. The van der Waals surface area contributed by atoms with Gasteiger partial charge in [-0.05, 0) is 42.7 Å². The van der Waals surface area contributed by atoms with Crippen molar-refractivity contribution < 1.29 is 4.79 Å². The number of H-pyrrole nitrogens is 2. The maximum Gasteiger partial charge on any atom is 0.273 e. The molecule has 0 fully saturated rings. The lowest BCUT2D eigenvalue weighted by Gasteiger charge is -2.17. The smallest absolute Gasteiger partial charge is 0.273 e. The molecule has 0 aliphatic carbocycles. The Bertz CT molecular complexity index is 1290. The Labute approximate surface area is 175 Å². The molecule has 0 unspecified atom stereocenters. The van der Waals surface area contributed by atoms with Gasteiger partial charge in [0, 0.05) is 0 Å². The van der Waals surface area contributed by atoms with Crippen molar-refractivity contribution in [2.24, 2.45) is 0 Å². The van der Waals surface area contributed by atoms with Gasteiger partial charge < -0.3 is 10.3 Å². The molecule has 0 aliphatic rings. The van der Waals surface area contributed by atoms with Gasteiger partial charge in [0.25, 0.3) is 11.1 Å². The minimum Gasteiger partial charge on any atom is -0.345 e. The zero-order valence-electron chi connectivity index (χ0n) is 16.3. The topological polar surface area (TPSA) is 113 Å². The number of hydrogen-bond donors (Lipinski definition) is 3. The summed E-state index contributed by atoms with van der Waals surface area (Å²) in [5.41, 5.74) is 0.899. The van der Waals surface area contributed by atoms with Crippen molar-refractivity contribution in [1.29, 1.82) is 0 Å². The predicted molar refractivity (Wildman–Crippen MR) is 119 cm³/mol. The Hall–Kier alpha value is -3.33. The fourth-order valence-corrected chi connectivity index (χ4v) is 3.86. The Kier molecular flexibility index (Phi) is 5.71. The number of nitrogens with zero attached hydrogens (tertiary/aromatic N) is 2. The third-order valence-corrected chi connectivity index (χ3v) is 5.51. The van der Waals surface area contributed by atoms with Crippen LogP contribution in [0, 0.1) is 0 Å². The fourth-order valence-electron chi connectivity index (χ4n) is 3.39. The zero-order valence-corrected chi connectivity index (χ0v) is 17.2. The molecule has 2 aromatic heterocycles. The molecular weight excluding hydrogens is 402 g/mol. The van der Waals surface area contributed by atoms with E-state index in [4.69, 9.17) is 0 Å². The highest BCUT2D eigenvalue weighted by Gasteiger charge is 2.19. The first-order valence-corrected chi connectivity index (χ1v) is 10.9. The lowest BCUT2D eigenvalue weighted by Crippen LogP contribution is -2.38. The number of imidazole rings is 1. The minimum absolute atomic E-state index is 0.283. The maximum atomic E-state index is 12.7. The average molecular weight is 423 g/mol. The van der Waals surface area contributed by atoms with Crippen LogP contribution in [0.1, 0.15) is 18.3 Å². The molecule has 8 nitrogen and oxygen atoms in total. The third kappa shape index (κ3) is 4.02. The number of carbonyl (C=O) groups is 1. The van der Waals surface area contributed by atoms with Crippen LogP contribution in [0.25, 0.3) is 21.8 Å². The second kappa shape index (κ2) is 8.58. The normalized spacial score (nSPS) is 12.3. The van der Waals surface area contributed by atoms with Gasteiger partial charge in [0.15, 0.2) is 0 Å². The SMILES string of the molecule is CSCC[C@@H](NC(=O)Cn1[nH]c(=O)c2ccccc2c1=O)c1nc2ccccc2[nH]1. The molecule has 2 aromatic carbocycles. The summed E-state index contributed by atoms with van der Waals surface area (Å²) in [5.74, 6) is 1.11. The number of carbonyl (C=O) groups excluding carboxylic acids is 1. The molecule has 4 rings (SSSR count). The maximum absolute atomic E-state index is 12.7. The van der Waals surface area contributed by atoms with E-state index >= 15 is 0 Å². The number of benzene rings is 2. The number of thioether (sulfide) groups is 1. The highest BCUT2D eigenvalue weighted by Crippen LogP contribution is 2.20. The Balaban J connectivity index is 1.59. The van der Waals surface area contributed by atoms with Crippen LogP contribution >= 0.6 is 11.8 Å². The highest BCUT2D eigenvalue weighted by molar-refractivity contribution is 7.98. The third-order valence-electron chi connectivity index (χ3n) is 4.87. The number of amides is 1. The molecule has 1 atom stereocenters. The van der Waals surface area contributed by atoms with Crippen molar-refractivity contribution >= 4 is 39.5 Å². The predicted octanol–water partition coefficient (Wildman–Crippen LogP) is 2.18. The molecular formula is C21H21N5O3S. The van der Waals surface area contributed by atoms with Crippen LogP contribution in [0.2, 0.25) is 0 Å². The minimum atomic E-state index is -0.412. The van der Waals surface area contributed by atoms with Crippen molar-refractivity contribution in [1.82, 2.24) is 25.1 Å². The molecule has 0 spiro atoms. The summed E-state index contributed by atoms with van der Waals surface area (Å²) in [4.78, 5) is 45.5. The van der Waals surface area contributed by atoms with E-state index in [1.807, 2.05) is 30.5 Å².